The topological polar surface area (TPSA) is 137 Å². The van der Waals surface area contributed by atoms with Gasteiger partial charge in [-0.1, -0.05) is 35.0 Å². The lowest BCUT2D eigenvalue weighted by Gasteiger charge is -2.11. The Morgan fingerprint density at radius 1 is 1.19 bits per heavy atom. The summed E-state index contributed by atoms with van der Waals surface area (Å²) in [4.78, 5) is 39.7. The number of rotatable bonds is 9. The van der Waals surface area contributed by atoms with Crippen LogP contribution in [0.2, 0.25) is 0 Å². The molecule has 0 saturated carbocycles. The number of nitrogens with zero attached hydrogens (tertiary/aromatic N) is 4. The van der Waals surface area contributed by atoms with Crippen molar-refractivity contribution in [2.45, 2.75) is 26.4 Å². The molecule has 3 aromatic carbocycles. The smallest absolute Gasteiger partial charge is 0.335 e. The Morgan fingerprint density at radius 2 is 1.95 bits per heavy atom. The van der Waals surface area contributed by atoms with Crippen LogP contribution in [0.5, 0.6) is 5.75 Å². The van der Waals surface area contributed by atoms with Gasteiger partial charge >= 0.3 is 5.97 Å². The third kappa shape index (κ3) is 5.89. The van der Waals surface area contributed by atoms with Crippen LogP contribution in [0.4, 0.5) is 5.69 Å². The van der Waals surface area contributed by atoms with Gasteiger partial charge in [0.1, 0.15) is 18.2 Å². The number of fused-ring (bicyclic) bond motifs is 1. The SMILES string of the molecule is CCCc1nc2ccc(Br)cc2c(=O)n1N=Cc1cc([N+](=O)[O-])ccc1OCc1ccc(C(=O)O)cc1. The molecule has 37 heavy (non-hydrogen) atoms. The second kappa shape index (κ2) is 11.1. The summed E-state index contributed by atoms with van der Waals surface area (Å²) in [5.74, 6) is -0.266. The normalized spacial score (nSPS) is 11.2. The number of hydrogen-bond donors (Lipinski definition) is 1. The predicted molar refractivity (Wildman–Crippen MR) is 142 cm³/mol. The number of halogens is 1. The third-order valence-electron chi connectivity index (χ3n) is 5.46. The fourth-order valence-corrected chi connectivity index (χ4v) is 3.97. The van der Waals surface area contributed by atoms with Crippen LogP contribution >= 0.6 is 15.9 Å². The van der Waals surface area contributed by atoms with Crippen molar-refractivity contribution in [3.8, 4) is 5.75 Å². The lowest BCUT2D eigenvalue weighted by molar-refractivity contribution is -0.384. The summed E-state index contributed by atoms with van der Waals surface area (Å²) >= 11 is 3.37. The molecule has 0 amide bonds. The number of benzene rings is 3. The average molecular weight is 565 g/mol. The molecular weight excluding hydrogens is 544 g/mol. The van der Waals surface area contributed by atoms with Gasteiger partial charge in [-0.05, 0) is 48.4 Å². The first-order valence-corrected chi connectivity index (χ1v) is 12.0. The molecule has 1 aromatic heterocycles. The Labute approximate surface area is 219 Å². The number of aromatic carboxylic acids is 1. The third-order valence-corrected chi connectivity index (χ3v) is 5.95. The minimum absolute atomic E-state index is 0.0884. The Bertz CT molecular complexity index is 1580. The standard InChI is InChI=1S/C26H21BrN4O6/c1-2-3-24-29-22-10-8-19(27)13-21(22)25(32)30(24)28-14-18-12-20(31(35)36)9-11-23(18)37-15-16-4-6-17(7-5-16)26(33)34/h4-14H,2-3,15H2,1H3,(H,33,34). The highest BCUT2D eigenvalue weighted by molar-refractivity contribution is 9.10. The van der Waals surface area contributed by atoms with Crippen molar-refractivity contribution < 1.29 is 19.6 Å². The Balaban J connectivity index is 1.72. The molecule has 4 aromatic rings. The first kappa shape index (κ1) is 25.7. The second-order valence-electron chi connectivity index (χ2n) is 8.07. The highest BCUT2D eigenvalue weighted by Crippen LogP contribution is 2.24. The number of aromatic nitrogens is 2. The average Bonchev–Trinajstić information content (AvgIpc) is 2.88. The van der Waals surface area contributed by atoms with E-state index in [0.29, 0.717) is 40.0 Å². The minimum atomic E-state index is -1.03. The molecule has 0 aliphatic carbocycles. The van der Waals surface area contributed by atoms with Crippen molar-refractivity contribution in [1.29, 1.82) is 0 Å². The Kier molecular flexibility index (Phi) is 7.73. The molecule has 1 N–H and O–H groups in total. The number of carboxylic acid groups (broad SMARTS) is 1. The quantitative estimate of drug-likeness (QED) is 0.168. The zero-order chi connectivity index (χ0) is 26.5. The Hall–Kier alpha value is -4.38. The van der Waals surface area contributed by atoms with Crippen molar-refractivity contribution in [3.63, 3.8) is 0 Å². The molecule has 0 saturated heterocycles. The fraction of sp³-hybridized carbons (Fsp3) is 0.154. The molecule has 11 heteroatoms. The first-order chi connectivity index (χ1) is 17.8. The van der Waals surface area contributed by atoms with Gasteiger partial charge in [-0.15, -0.1) is 0 Å². The summed E-state index contributed by atoms with van der Waals surface area (Å²) in [5.41, 5.74) is 1.17. The lowest BCUT2D eigenvalue weighted by Crippen LogP contribution is -2.22. The summed E-state index contributed by atoms with van der Waals surface area (Å²) in [5, 5.41) is 25.2. The minimum Gasteiger partial charge on any atom is -0.488 e. The number of ether oxygens (including phenoxy) is 1. The molecule has 0 unspecified atom stereocenters. The largest absolute Gasteiger partial charge is 0.488 e. The highest BCUT2D eigenvalue weighted by atomic mass is 79.9. The maximum atomic E-state index is 13.3. The van der Waals surface area contributed by atoms with E-state index in [1.165, 1.54) is 41.2 Å². The summed E-state index contributed by atoms with van der Waals surface area (Å²) in [7, 11) is 0. The van der Waals surface area contributed by atoms with Crippen LogP contribution in [0.15, 0.2) is 75.0 Å². The molecule has 0 spiro atoms. The summed E-state index contributed by atoms with van der Waals surface area (Å²) < 4.78 is 7.80. The van der Waals surface area contributed by atoms with E-state index in [0.717, 1.165) is 10.9 Å². The van der Waals surface area contributed by atoms with Crippen LogP contribution in [0.3, 0.4) is 0 Å². The zero-order valence-corrected chi connectivity index (χ0v) is 21.2. The van der Waals surface area contributed by atoms with Gasteiger partial charge in [0.15, 0.2) is 0 Å². The number of nitro groups is 1. The van der Waals surface area contributed by atoms with Gasteiger partial charge in [0.2, 0.25) is 0 Å². The number of aryl methyl sites for hydroxylation is 1. The van der Waals surface area contributed by atoms with Crippen LogP contribution in [0.1, 0.15) is 40.7 Å². The second-order valence-corrected chi connectivity index (χ2v) is 8.99. The zero-order valence-electron chi connectivity index (χ0n) is 19.6. The molecular formula is C26H21BrN4O6. The molecule has 0 aliphatic rings. The van der Waals surface area contributed by atoms with Gasteiger partial charge in [-0.2, -0.15) is 9.78 Å². The molecule has 1 heterocycles. The van der Waals surface area contributed by atoms with Gasteiger partial charge in [-0.25, -0.2) is 9.78 Å². The van der Waals surface area contributed by atoms with Gasteiger partial charge in [0, 0.05) is 28.6 Å². The number of nitro benzene ring substituents is 1. The molecule has 0 aliphatic heterocycles. The van der Waals surface area contributed by atoms with E-state index in [4.69, 9.17) is 9.84 Å². The van der Waals surface area contributed by atoms with E-state index in [1.807, 2.05) is 6.92 Å². The Morgan fingerprint density at radius 3 is 2.62 bits per heavy atom. The number of non-ortho nitro benzene ring substituents is 1. The van der Waals surface area contributed by atoms with Gasteiger partial charge in [0.25, 0.3) is 11.2 Å². The lowest BCUT2D eigenvalue weighted by atomic mass is 10.1. The van der Waals surface area contributed by atoms with Crippen LogP contribution in [-0.2, 0) is 13.0 Å². The van der Waals surface area contributed by atoms with Crippen molar-refractivity contribution in [1.82, 2.24) is 9.66 Å². The summed E-state index contributed by atoms with van der Waals surface area (Å²) in [6.07, 6.45) is 2.57. The first-order valence-electron chi connectivity index (χ1n) is 11.3. The molecule has 0 bridgehead atoms. The van der Waals surface area contributed by atoms with Crippen molar-refractivity contribution in [2.24, 2.45) is 5.10 Å². The van der Waals surface area contributed by atoms with E-state index in [2.05, 4.69) is 26.0 Å². The predicted octanol–water partition coefficient (Wildman–Crippen LogP) is 5.18. The monoisotopic (exact) mass is 564 g/mol. The molecule has 4 rings (SSSR count). The van der Waals surface area contributed by atoms with E-state index in [9.17, 15) is 19.7 Å². The molecule has 10 nitrogen and oxygen atoms in total. The number of carboxylic acids is 1. The van der Waals surface area contributed by atoms with E-state index >= 15 is 0 Å². The maximum Gasteiger partial charge on any atom is 0.335 e. The summed E-state index contributed by atoms with van der Waals surface area (Å²) in [6, 6.07) is 15.5. The fourth-order valence-electron chi connectivity index (χ4n) is 3.61. The van der Waals surface area contributed by atoms with E-state index in [-0.39, 0.29) is 23.4 Å². The van der Waals surface area contributed by atoms with Crippen molar-refractivity contribution >= 4 is 44.7 Å². The highest BCUT2D eigenvalue weighted by Gasteiger charge is 2.14. The van der Waals surface area contributed by atoms with Crippen molar-refractivity contribution in [3.05, 3.63) is 108 Å². The maximum absolute atomic E-state index is 13.3. The molecule has 188 valence electrons. The van der Waals surface area contributed by atoms with Crippen LogP contribution in [0, 0.1) is 10.1 Å². The van der Waals surface area contributed by atoms with Crippen molar-refractivity contribution in [2.75, 3.05) is 0 Å². The number of hydrogen-bond acceptors (Lipinski definition) is 7. The molecule has 0 fully saturated rings. The number of carbonyl (C=O) groups is 1. The molecule has 0 atom stereocenters. The molecule has 0 radical (unpaired) electrons. The van der Waals surface area contributed by atoms with E-state index < -0.39 is 10.9 Å². The van der Waals surface area contributed by atoms with Crippen LogP contribution < -0.4 is 10.3 Å². The van der Waals surface area contributed by atoms with Gasteiger partial charge in [0.05, 0.1) is 27.6 Å². The van der Waals surface area contributed by atoms with E-state index in [1.54, 1.807) is 30.3 Å². The summed E-state index contributed by atoms with van der Waals surface area (Å²) in [6.45, 7) is 2.05. The van der Waals surface area contributed by atoms with Crippen LogP contribution in [-0.4, -0.2) is 31.9 Å². The van der Waals surface area contributed by atoms with Crippen LogP contribution in [0.25, 0.3) is 10.9 Å². The van der Waals surface area contributed by atoms with Gasteiger partial charge < -0.3 is 9.84 Å². The van der Waals surface area contributed by atoms with Gasteiger partial charge in [-0.3, -0.25) is 14.9 Å².